The van der Waals surface area contributed by atoms with Gasteiger partial charge < -0.3 is 9.94 Å². The molecule has 0 unspecified atom stereocenters. The molecule has 0 amide bonds. The largest absolute Gasteiger partial charge is 0.396 e. The van der Waals surface area contributed by atoms with E-state index in [1.54, 1.807) is 0 Å². The van der Waals surface area contributed by atoms with Crippen molar-refractivity contribution in [1.82, 2.24) is 0 Å². The first-order chi connectivity index (χ1) is 9.42. The molecule has 0 atom stereocenters. The maximum atomic E-state index is 8.74. The van der Waals surface area contributed by atoms with E-state index in [2.05, 4.69) is 5.16 Å². The molecule has 0 aliphatic carbocycles. The Morgan fingerprint density at radius 1 is 0.895 bits per heavy atom. The van der Waals surface area contributed by atoms with Gasteiger partial charge in [0, 0.05) is 24.2 Å². The fourth-order valence-electron chi connectivity index (χ4n) is 1.70. The molecule has 0 radical (unpaired) electrons. The number of oxime groups is 1. The predicted molar refractivity (Wildman–Crippen MR) is 76.2 cm³/mol. The Labute approximate surface area is 113 Å². The summed E-state index contributed by atoms with van der Waals surface area (Å²) in [5, 5.41) is 12.9. The molecule has 0 heterocycles. The van der Waals surface area contributed by atoms with Crippen LogP contribution in [0.4, 0.5) is 0 Å². The van der Waals surface area contributed by atoms with E-state index in [9.17, 15) is 0 Å². The molecule has 0 aromatic heterocycles. The van der Waals surface area contributed by atoms with E-state index in [0.29, 0.717) is 13.0 Å². The zero-order valence-corrected chi connectivity index (χ0v) is 10.7. The van der Waals surface area contributed by atoms with Gasteiger partial charge in [0.2, 0.25) is 0 Å². The molecular formula is C16H17NO2. The number of hydrogen-bond acceptors (Lipinski definition) is 3. The average molecular weight is 255 g/mol. The van der Waals surface area contributed by atoms with Gasteiger partial charge in [-0.2, -0.15) is 0 Å². The molecule has 2 aromatic rings. The van der Waals surface area contributed by atoms with Crippen LogP contribution in [0.1, 0.15) is 17.5 Å². The number of nitrogens with zero attached hydrogens (tertiary/aromatic N) is 1. The molecule has 0 saturated heterocycles. The second-order valence-corrected chi connectivity index (χ2v) is 4.08. The van der Waals surface area contributed by atoms with Gasteiger partial charge in [-0.1, -0.05) is 65.8 Å². The van der Waals surface area contributed by atoms with Crippen LogP contribution < -0.4 is 0 Å². The smallest absolute Gasteiger partial charge is 0.119 e. The molecule has 3 heteroatoms. The van der Waals surface area contributed by atoms with Gasteiger partial charge in [-0.05, 0) is 0 Å². The van der Waals surface area contributed by atoms with Crippen LogP contribution in [0, 0.1) is 0 Å². The van der Waals surface area contributed by atoms with E-state index in [4.69, 9.17) is 9.94 Å². The normalized spacial score (nSPS) is 9.95. The van der Waals surface area contributed by atoms with Crippen molar-refractivity contribution in [1.29, 1.82) is 0 Å². The topological polar surface area (TPSA) is 41.8 Å². The SMILES string of the molecule is OCCCON=C(c1ccccc1)c1ccccc1. The molecule has 0 bridgehead atoms. The lowest BCUT2D eigenvalue weighted by atomic mass is 10.0. The molecule has 0 spiro atoms. The van der Waals surface area contributed by atoms with Crippen molar-refractivity contribution in [2.75, 3.05) is 13.2 Å². The standard InChI is InChI=1S/C16H17NO2/c18-12-7-13-19-17-16(14-8-3-1-4-9-14)15-10-5-2-6-11-15/h1-6,8-11,18H,7,12-13H2. The van der Waals surface area contributed by atoms with E-state index >= 15 is 0 Å². The summed E-state index contributed by atoms with van der Waals surface area (Å²) in [7, 11) is 0. The summed E-state index contributed by atoms with van der Waals surface area (Å²) in [6.07, 6.45) is 0.584. The summed E-state index contributed by atoms with van der Waals surface area (Å²) in [6, 6.07) is 19.8. The Kier molecular flexibility index (Phi) is 5.14. The number of hydrogen-bond donors (Lipinski definition) is 1. The Balaban J connectivity index is 2.24. The lowest BCUT2D eigenvalue weighted by molar-refractivity contribution is 0.124. The lowest BCUT2D eigenvalue weighted by Crippen LogP contribution is -2.05. The first-order valence-electron chi connectivity index (χ1n) is 6.33. The number of aliphatic hydroxyl groups is 1. The summed E-state index contributed by atoms with van der Waals surface area (Å²) in [5.41, 5.74) is 2.83. The summed E-state index contributed by atoms with van der Waals surface area (Å²) >= 11 is 0. The van der Waals surface area contributed by atoms with Crippen LogP contribution in [-0.4, -0.2) is 24.0 Å². The van der Waals surface area contributed by atoms with Gasteiger partial charge in [-0.15, -0.1) is 0 Å². The molecule has 19 heavy (non-hydrogen) atoms. The minimum atomic E-state index is 0.113. The van der Waals surface area contributed by atoms with Crippen molar-refractivity contribution in [3.8, 4) is 0 Å². The number of aliphatic hydroxyl groups excluding tert-OH is 1. The lowest BCUT2D eigenvalue weighted by Gasteiger charge is -2.07. The fourth-order valence-corrected chi connectivity index (χ4v) is 1.70. The van der Waals surface area contributed by atoms with Crippen LogP contribution in [0.5, 0.6) is 0 Å². The molecule has 1 N–H and O–H groups in total. The minimum absolute atomic E-state index is 0.113. The van der Waals surface area contributed by atoms with Crippen molar-refractivity contribution < 1.29 is 9.94 Å². The van der Waals surface area contributed by atoms with Crippen molar-refractivity contribution in [2.45, 2.75) is 6.42 Å². The molecule has 0 aliphatic heterocycles. The Bertz CT molecular complexity index is 467. The predicted octanol–water partition coefficient (Wildman–Crippen LogP) is 2.84. The highest BCUT2D eigenvalue weighted by molar-refractivity contribution is 6.12. The molecule has 0 aliphatic rings. The van der Waals surface area contributed by atoms with Gasteiger partial charge in [0.15, 0.2) is 0 Å². The van der Waals surface area contributed by atoms with Gasteiger partial charge >= 0.3 is 0 Å². The van der Waals surface area contributed by atoms with Gasteiger partial charge in [0.25, 0.3) is 0 Å². The van der Waals surface area contributed by atoms with Gasteiger partial charge in [-0.3, -0.25) is 0 Å². The molecule has 98 valence electrons. The van der Waals surface area contributed by atoms with Crippen LogP contribution in [0.25, 0.3) is 0 Å². The fraction of sp³-hybridized carbons (Fsp3) is 0.188. The summed E-state index contributed by atoms with van der Waals surface area (Å²) in [5.74, 6) is 0. The summed E-state index contributed by atoms with van der Waals surface area (Å²) in [6.45, 7) is 0.529. The van der Waals surface area contributed by atoms with Crippen LogP contribution >= 0.6 is 0 Å². The average Bonchev–Trinajstić information content (AvgIpc) is 2.49. The summed E-state index contributed by atoms with van der Waals surface area (Å²) in [4.78, 5) is 5.27. The van der Waals surface area contributed by atoms with Gasteiger partial charge in [0.1, 0.15) is 12.3 Å². The third kappa shape index (κ3) is 3.93. The first kappa shape index (κ1) is 13.3. The first-order valence-corrected chi connectivity index (χ1v) is 6.33. The van der Waals surface area contributed by atoms with Crippen LogP contribution in [-0.2, 0) is 4.84 Å². The third-order valence-corrected chi connectivity index (χ3v) is 2.64. The van der Waals surface area contributed by atoms with Crippen molar-refractivity contribution in [3.63, 3.8) is 0 Å². The number of rotatable bonds is 6. The van der Waals surface area contributed by atoms with Crippen molar-refractivity contribution in [3.05, 3.63) is 71.8 Å². The summed E-state index contributed by atoms with van der Waals surface area (Å²) < 4.78 is 0. The monoisotopic (exact) mass is 255 g/mol. The number of benzene rings is 2. The minimum Gasteiger partial charge on any atom is -0.396 e. The van der Waals surface area contributed by atoms with E-state index in [1.165, 1.54) is 0 Å². The van der Waals surface area contributed by atoms with E-state index in [-0.39, 0.29) is 6.61 Å². The Morgan fingerprint density at radius 2 is 1.42 bits per heavy atom. The Morgan fingerprint density at radius 3 is 1.89 bits per heavy atom. The van der Waals surface area contributed by atoms with Gasteiger partial charge in [0.05, 0.1) is 0 Å². The molecule has 0 saturated carbocycles. The van der Waals surface area contributed by atoms with Crippen LogP contribution in [0.15, 0.2) is 65.8 Å². The highest BCUT2D eigenvalue weighted by Crippen LogP contribution is 2.11. The van der Waals surface area contributed by atoms with E-state index in [1.807, 2.05) is 60.7 Å². The van der Waals surface area contributed by atoms with Crippen molar-refractivity contribution in [2.24, 2.45) is 5.16 Å². The third-order valence-electron chi connectivity index (χ3n) is 2.64. The van der Waals surface area contributed by atoms with Crippen LogP contribution in [0.3, 0.4) is 0 Å². The molecule has 2 rings (SSSR count). The van der Waals surface area contributed by atoms with Crippen molar-refractivity contribution >= 4 is 5.71 Å². The zero-order chi connectivity index (χ0) is 13.3. The highest BCUT2D eigenvalue weighted by Gasteiger charge is 2.06. The molecule has 0 fully saturated rings. The Hall–Kier alpha value is -2.13. The molecular weight excluding hydrogens is 238 g/mol. The van der Waals surface area contributed by atoms with Crippen LogP contribution in [0.2, 0.25) is 0 Å². The zero-order valence-electron chi connectivity index (χ0n) is 10.7. The van der Waals surface area contributed by atoms with Gasteiger partial charge in [-0.25, -0.2) is 0 Å². The molecule has 2 aromatic carbocycles. The quantitative estimate of drug-likeness (QED) is 0.490. The maximum Gasteiger partial charge on any atom is 0.119 e. The second kappa shape index (κ2) is 7.34. The highest BCUT2D eigenvalue weighted by atomic mass is 16.6. The molecule has 3 nitrogen and oxygen atoms in total. The van der Waals surface area contributed by atoms with E-state index in [0.717, 1.165) is 16.8 Å². The second-order valence-electron chi connectivity index (χ2n) is 4.08. The van der Waals surface area contributed by atoms with E-state index < -0.39 is 0 Å². The maximum absolute atomic E-state index is 8.74.